The number of nitrogens with zero attached hydrogens (tertiary/aromatic N) is 3. The van der Waals surface area contributed by atoms with Crippen molar-refractivity contribution in [3.63, 3.8) is 0 Å². The first-order valence-corrected chi connectivity index (χ1v) is 9.17. The number of hydrogen-bond donors (Lipinski definition) is 2. The summed E-state index contributed by atoms with van der Waals surface area (Å²) in [7, 11) is 0. The molecule has 1 aromatic heterocycles. The third-order valence-corrected chi connectivity index (χ3v) is 4.29. The summed E-state index contributed by atoms with van der Waals surface area (Å²) in [5.74, 6) is 0.906. The average Bonchev–Trinajstić information content (AvgIpc) is 2.91. The molecule has 0 radical (unpaired) electrons. The van der Waals surface area contributed by atoms with Crippen molar-refractivity contribution in [2.75, 3.05) is 39.3 Å². The van der Waals surface area contributed by atoms with Crippen molar-refractivity contribution in [2.24, 2.45) is 4.99 Å². The van der Waals surface area contributed by atoms with Gasteiger partial charge in [-0.1, -0.05) is 13.8 Å². The monoisotopic (exact) mass is 325 g/mol. The number of rotatable bonds is 10. The lowest BCUT2D eigenvalue weighted by atomic mass is 10.4. The molecule has 5 nitrogen and oxygen atoms in total. The second kappa shape index (κ2) is 11.4. The normalized spacial score (nSPS) is 12.0. The number of aliphatic imine (C=N–C) groups is 1. The van der Waals surface area contributed by atoms with Crippen LogP contribution in [-0.4, -0.2) is 55.1 Å². The van der Waals surface area contributed by atoms with Crippen molar-refractivity contribution in [2.45, 2.75) is 40.5 Å². The Bertz CT molecular complexity index is 430. The lowest BCUT2D eigenvalue weighted by Crippen LogP contribution is -2.39. The van der Waals surface area contributed by atoms with E-state index in [2.05, 4.69) is 53.2 Å². The number of thiazole rings is 1. The van der Waals surface area contributed by atoms with Gasteiger partial charge in [-0.15, -0.1) is 11.3 Å². The molecule has 0 amide bonds. The van der Waals surface area contributed by atoms with Crippen LogP contribution in [0.25, 0.3) is 0 Å². The van der Waals surface area contributed by atoms with Gasteiger partial charge in [0.05, 0.1) is 11.6 Å². The minimum atomic E-state index is 0.833. The molecule has 126 valence electrons. The summed E-state index contributed by atoms with van der Waals surface area (Å²) in [6.45, 7) is 14.5. The molecule has 0 bridgehead atoms. The fourth-order valence-electron chi connectivity index (χ4n) is 2.19. The molecule has 1 heterocycles. The predicted molar refractivity (Wildman–Crippen MR) is 96.9 cm³/mol. The predicted octanol–water partition coefficient (Wildman–Crippen LogP) is 2.28. The third-order valence-electron chi connectivity index (χ3n) is 3.32. The Morgan fingerprint density at radius 3 is 2.68 bits per heavy atom. The van der Waals surface area contributed by atoms with E-state index in [4.69, 9.17) is 0 Å². The highest BCUT2D eigenvalue weighted by molar-refractivity contribution is 7.11. The van der Waals surface area contributed by atoms with Gasteiger partial charge in [0.15, 0.2) is 5.96 Å². The highest BCUT2D eigenvalue weighted by atomic mass is 32.1. The molecule has 0 aliphatic heterocycles. The van der Waals surface area contributed by atoms with Gasteiger partial charge in [0, 0.05) is 37.1 Å². The van der Waals surface area contributed by atoms with E-state index in [0.717, 1.165) is 51.6 Å². The smallest absolute Gasteiger partial charge is 0.191 e. The lowest BCUT2D eigenvalue weighted by molar-refractivity contribution is 0.297. The van der Waals surface area contributed by atoms with E-state index in [1.165, 1.54) is 16.3 Å². The summed E-state index contributed by atoms with van der Waals surface area (Å²) in [5, 5.41) is 7.87. The maximum atomic E-state index is 4.66. The Balaban J connectivity index is 2.34. The van der Waals surface area contributed by atoms with Crippen LogP contribution in [0.15, 0.2) is 11.2 Å². The van der Waals surface area contributed by atoms with Crippen LogP contribution < -0.4 is 10.6 Å². The van der Waals surface area contributed by atoms with Crippen LogP contribution in [0.2, 0.25) is 0 Å². The molecule has 0 aliphatic rings. The minimum Gasteiger partial charge on any atom is -0.357 e. The lowest BCUT2D eigenvalue weighted by Gasteiger charge is -2.18. The number of nitrogens with one attached hydrogen (secondary N) is 2. The molecule has 0 atom stereocenters. The van der Waals surface area contributed by atoms with Crippen LogP contribution in [0.3, 0.4) is 0 Å². The van der Waals surface area contributed by atoms with E-state index >= 15 is 0 Å². The van der Waals surface area contributed by atoms with Crippen LogP contribution >= 0.6 is 11.3 Å². The maximum Gasteiger partial charge on any atom is 0.191 e. The number of aromatic nitrogens is 1. The van der Waals surface area contributed by atoms with Crippen molar-refractivity contribution in [3.05, 3.63) is 16.1 Å². The Hall–Kier alpha value is -1.14. The zero-order valence-electron chi connectivity index (χ0n) is 14.5. The summed E-state index contributed by atoms with van der Waals surface area (Å²) in [6, 6.07) is 0. The van der Waals surface area contributed by atoms with Gasteiger partial charge < -0.3 is 15.5 Å². The van der Waals surface area contributed by atoms with Gasteiger partial charge in [-0.25, -0.2) is 4.98 Å². The quantitative estimate of drug-likeness (QED) is 0.512. The molecule has 1 aromatic rings. The van der Waals surface area contributed by atoms with Crippen LogP contribution in [0.5, 0.6) is 0 Å². The standard InChI is InChI=1S/C16H31N5S/c1-5-11-21(7-3)12-10-19-16(17-6-2)18-9-8-15-20-13-14(4)22-15/h13H,5-12H2,1-4H3,(H2,17,18,19). The fourth-order valence-corrected chi connectivity index (χ4v) is 2.98. The van der Waals surface area contributed by atoms with E-state index in [-0.39, 0.29) is 0 Å². The van der Waals surface area contributed by atoms with Gasteiger partial charge in [0.1, 0.15) is 0 Å². The van der Waals surface area contributed by atoms with Gasteiger partial charge >= 0.3 is 0 Å². The van der Waals surface area contributed by atoms with E-state index in [9.17, 15) is 0 Å². The van der Waals surface area contributed by atoms with Crippen molar-refractivity contribution in [3.8, 4) is 0 Å². The first-order chi connectivity index (χ1) is 10.7. The molecular weight excluding hydrogens is 294 g/mol. The largest absolute Gasteiger partial charge is 0.357 e. The summed E-state index contributed by atoms with van der Waals surface area (Å²) >= 11 is 1.76. The molecule has 0 aromatic carbocycles. The highest BCUT2D eigenvalue weighted by Crippen LogP contribution is 2.10. The van der Waals surface area contributed by atoms with Gasteiger partial charge in [-0.05, 0) is 33.4 Å². The minimum absolute atomic E-state index is 0.833. The van der Waals surface area contributed by atoms with E-state index in [1.54, 1.807) is 11.3 Å². The summed E-state index contributed by atoms with van der Waals surface area (Å²) in [6.07, 6.45) is 4.08. The molecule has 6 heteroatoms. The zero-order valence-corrected chi connectivity index (χ0v) is 15.3. The molecule has 0 saturated carbocycles. The number of guanidine groups is 1. The molecule has 0 saturated heterocycles. The summed E-state index contributed by atoms with van der Waals surface area (Å²) in [5.41, 5.74) is 0. The molecule has 0 fully saturated rings. The van der Waals surface area contributed by atoms with E-state index < -0.39 is 0 Å². The number of aryl methyl sites for hydroxylation is 1. The van der Waals surface area contributed by atoms with Crippen LogP contribution in [-0.2, 0) is 6.42 Å². The first kappa shape index (κ1) is 18.9. The van der Waals surface area contributed by atoms with Crippen LogP contribution in [0, 0.1) is 6.92 Å². The Kier molecular flexibility index (Phi) is 9.82. The van der Waals surface area contributed by atoms with Gasteiger partial charge in [0.25, 0.3) is 0 Å². The Labute approximate surface area is 139 Å². The SMILES string of the molecule is CCCN(CC)CCN=C(NCC)NCCc1ncc(C)s1. The van der Waals surface area contributed by atoms with Gasteiger partial charge in [-0.3, -0.25) is 4.99 Å². The van der Waals surface area contributed by atoms with Crippen molar-refractivity contribution in [1.82, 2.24) is 20.5 Å². The third kappa shape index (κ3) is 7.75. The second-order valence-electron chi connectivity index (χ2n) is 5.24. The summed E-state index contributed by atoms with van der Waals surface area (Å²) < 4.78 is 0. The topological polar surface area (TPSA) is 52.5 Å². The fraction of sp³-hybridized carbons (Fsp3) is 0.750. The molecule has 22 heavy (non-hydrogen) atoms. The molecule has 0 spiro atoms. The molecular formula is C16H31N5S. The van der Waals surface area contributed by atoms with Crippen molar-refractivity contribution >= 4 is 17.3 Å². The van der Waals surface area contributed by atoms with Gasteiger partial charge in [-0.2, -0.15) is 0 Å². The van der Waals surface area contributed by atoms with Crippen LogP contribution in [0.4, 0.5) is 0 Å². The summed E-state index contributed by atoms with van der Waals surface area (Å²) in [4.78, 5) is 12.7. The Morgan fingerprint density at radius 1 is 1.27 bits per heavy atom. The molecule has 0 aliphatic carbocycles. The van der Waals surface area contributed by atoms with Crippen molar-refractivity contribution < 1.29 is 0 Å². The van der Waals surface area contributed by atoms with E-state index in [0.29, 0.717) is 0 Å². The average molecular weight is 326 g/mol. The first-order valence-electron chi connectivity index (χ1n) is 8.35. The maximum absolute atomic E-state index is 4.66. The second-order valence-corrected chi connectivity index (χ2v) is 6.56. The molecule has 0 unspecified atom stereocenters. The van der Waals surface area contributed by atoms with E-state index in [1.807, 2.05) is 6.20 Å². The van der Waals surface area contributed by atoms with Crippen LogP contribution in [0.1, 0.15) is 37.1 Å². The molecule has 2 N–H and O–H groups in total. The zero-order chi connectivity index (χ0) is 16.2. The Morgan fingerprint density at radius 2 is 2.09 bits per heavy atom. The molecule has 1 rings (SSSR count). The highest BCUT2D eigenvalue weighted by Gasteiger charge is 2.02. The van der Waals surface area contributed by atoms with Gasteiger partial charge in [0.2, 0.25) is 0 Å². The number of hydrogen-bond acceptors (Lipinski definition) is 4. The van der Waals surface area contributed by atoms with Crippen molar-refractivity contribution in [1.29, 1.82) is 0 Å². The number of likely N-dealkylation sites (N-methyl/N-ethyl adjacent to an activating group) is 1.